The van der Waals surface area contributed by atoms with Crippen LogP contribution < -0.4 is 0 Å². The van der Waals surface area contributed by atoms with Gasteiger partial charge in [-0.1, -0.05) is 56.9 Å². The molecule has 0 rings (SSSR count). The number of hydrogen-bond acceptors (Lipinski definition) is 1. The number of hydrogen-bond donors (Lipinski definition) is 0. The van der Waals surface area contributed by atoms with Crippen LogP contribution in [0.15, 0.2) is 28.3 Å². The molecule has 0 unspecified atom stereocenters. The van der Waals surface area contributed by atoms with E-state index in [0.717, 1.165) is 0 Å². The molecule has 0 saturated carbocycles. The second-order valence-electron chi connectivity index (χ2n) is 4.51. The van der Waals surface area contributed by atoms with Gasteiger partial charge in [-0.2, -0.15) is 0 Å². The van der Waals surface area contributed by atoms with E-state index in [4.69, 9.17) is 6.42 Å². The average Bonchev–Trinajstić information content (AvgIpc) is 2.16. The highest BCUT2D eigenvalue weighted by molar-refractivity contribution is 5.77. The summed E-state index contributed by atoms with van der Waals surface area (Å²) in [4.78, 5) is 4.04. The van der Waals surface area contributed by atoms with E-state index < -0.39 is 0 Å². The summed E-state index contributed by atoms with van der Waals surface area (Å²) in [6, 6.07) is 0. The molecule has 0 atom stereocenters. The lowest BCUT2D eigenvalue weighted by Gasteiger charge is -2.17. The maximum Gasteiger partial charge on any atom is 0.0712 e. The summed E-state index contributed by atoms with van der Waals surface area (Å²) in [7, 11) is 0. The van der Waals surface area contributed by atoms with Crippen LogP contribution in [0, 0.1) is 24.2 Å². The molecule has 0 aliphatic heterocycles. The van der Waals surface area contributed by atoms with E-state index >= 15 is 0 Å². The second-order valence-corrected chi connectivity index (χ2v) is 4.51. The highest BCUT2D eigenvalue weighted by atomic mass is 14.7. The first-order valence-corrected chi connectivity index (χ1v) is 5.82. The smallest absolute Gasteiger partial charge is 0.0712 e. The van der Waals surface area contributed by atoms with Crippen molar-refractivity contribution in [2.24, 2.45) is 16.8 Å². The lowest BCUT2D eigenvalue weighted by Crippen LogP contribution is -2.04. The Morgan fingerprint density at radius 1 is 1.25 bits per heavy atom. The third-order valence-electron chi connectivity index (χ3n) is 2.44. The molecule has 88 valence electrons. The maximum absolute atomic E-state index is 5.07. The molecule has 1 heteroatoms. The fraction of sp³-hybridized carbons (Fsp3) is 0.533. The molecule has 16 heavy (non-hydrogen) atoms. The molecule has 1 nitrogen and oxygen atoms in total. The van der Waals surface area contributed by atoms with E-state index in [2.05, 4.69) is 51.6 Å². The molecular formula is C15H23N. The van der Waals surface area contributed by atoms with Crippen LogP contribution in [-0.2, 0) is 0 Å². The van der Waals surface area contributed by atoms with Crippen molar-refractivity contribution in [2.45, 2.75) is 34.6 Å². The first-order chi connectivity index (χ1) is 7.50. The molecule has 0 aromatic carbocycles. The maximum atomic E-state index is 5.07. The van der Waals surface area contributed by atoms with Crippen LogP contribution >= 0.6 is 0 Å². The van der Waals surface area contributed by atoms with Crippen molar-refractivity contribution in [3.8, 4) is 12.3 Å². The fourth-order valence-corrected chi connectivity index (χ4v) is 2.07. The Bertz CT molecular complexity index is 312. The van der Waals surface area contributed by atoms with Crippen molar-refractivity contribution >= 4 is 6.21 Å². The summed E-state index contributed by atoms with van der Waals surface area (Å²) in [6.07, 6.45) is 10.8. The molecule has 0 aliphatic carbocycles. The van der Waals surface area contributed by atoms with E-state index in [0.29, 0.717) is 18.4 Å². The van der Waals surface area contributed by atoms with E-state index in [9.17, 15) is 0 Å². The average molecular weight is 217 g/mol. The highest BCUT2D eigenvalue weighted by Crippen LogP contribution is 2.23. The minimum Gasteiger partial charge on any atom is -0.280 e. The van der Waals surface area contributed by atoms with E-state index in [1.807, 2.05) is 6.08 Å². The van der Waals surface area contributed by atoms with Gasteiger partial charge in [-0.3, -0.25) is 4.99 Å². The molecule has 0 aliphatic rings. The molecule has 0 spiro atoms. The minimum absolute atomic E-state index is 0.596. The number of nitrogens with zero attached hydrogens (tertiary/aromatic N) is 1. The first kappa shape index (κ1) is 14.7. The molecule has 0 aromatic rings. The normalized spacial score (nSPS) is 11.6. The highest BCUT2D eigenvalue weighted by Gasteiger charge is 2.09. The quantitative estimate of drug-likeness (QED) is 0.376. The van der Waals surface area contributed by atoms with E-state index in [-0.39, 0.29) is 0 Å². The molecular weight excluding hydrogens is 194 g/mol. The van der Waals surface area contributed by atoms with Crippen molar-refractivity contribution in [1.29, 1.82) is 0 Å². The van der Waals surface area contributed by atoms with Gasteiger partial charge in [-0.05, 0) is 18.8 Å². The Labute approximate surface area is 100 Å². The van der Waals surface area contributed by atoms with Crippen LogP contribution in [0.4, 0.5) is 0 Å². The van der Waals surface area contributed by atoms with Crippen molar-refractivity contribution in [2.75, 3.05) is 6.54 Å². The summed E-state index contributed by atoms with van der Waals surface area (Å²) in [5, 5.41) is 0. The van der Waals surface area contributed by atoms with Crippen LogP contribution in [-0.4, -0.2) is 12.8 Å². The van der Waals surface area contributed by atoms with Gasteiger partial charge in [-0.15, -0.1) is 6.42 Å². The first-order valence-electron chi connectivity index (χ1n) is 5.82. The predicted molar refractivity (Wildman–Crippen MR) is 73.7 cm³/mol. The number of rotatable bonds is 5. The van der Waals surface area contributed by atoms with Gasteiger partial charge in [0, 0.05) is 0 Å². The van der Waals surface area contributed by atoms with Crippen LogP contribution in [0.3, 0.4) is 0 Å². The van der Waals surface area contributed by atoms with Crippen LogP contribution in [0.5, 0.6) is 0 Å². The summed E-state index contributed by atoms with van der Waals surface area (Å²) < 4.78 is 0. The monoisotopic (exact) mass is 217 g/mol. The Morgan fingerprint density at radius 3 is 2.25 bits per heavy atom. The molecule has 0 radical (unpaired) electrons. The summed E-state index contributed by atoms with van der Waals surface area (Å²) in [6.45, 7) is 11.8. The van der Waals surface area contributed by atoms with Gasteiger partial charge >= 0.3 is 0 Å². The van der Waals surface area contributed by atoms with Gasteiger partial charge in [0.25, 0.3) is 0 Å². The Kier molecular flexibility index (Phi) is 7.29. The zero-order chi connectivity index (χ0) is 12.6. The summed E-state index contributed by atoms with van der Waals surface area (Å²) in [5.74, 6) is 3.57. The standard InChI is InChI=1S/C15H23N/c1-7-10-16-11-8-9-14(6)15(12(2)3)13(4)5/h1,8-10,12-13H,11H2,2-6H3/b9-8-,16-10-. The zero-order valence-corrected chi connectivity index (χ0v) is 11.1. The summed E-state index contributed by atoms with van der Waals surface area (Å²) in [5.41, 5.74) is 2.86. The third-order valence-corrected chi connectivity index (χ3v) is 2.44. The molecule has 0 saturated heterocycles. The third kappa shape index (κ3) is 5.56. The SMILES string of the molecule is C#C/C=N\C/C=C\C(C)=C(C(C)C)C(C)C. The molecule has 0 fully saturated rings. The fourth-order valence-electron chi connectivity index (χ4n) is 2.07. The van der Waals surface area contributed by atoms with Crippen molar-refractivity contribution in [3.63, 3.8) is 0 Å². The van der Waals surface area contributed by atoms with Gasteiger partial charge in [0.05, 0.1) is 12.8 Å². The second kappa shape index (κ2) is 7.93. The number of aliphatic imine (C=N–C) groups is 1. The van der Waals surface area contributed by atoms with E-state index in [1.165, 1.54) is 17.4 Å². The van der Waals surface area contributed by atoms with E-state index in [1.54, 1.807) is 0 Å². The number of allylic oxidation sites excluding steroid dienone is 3. The molecule has 0 bridgehead atoms. The van der Waals surface area contributed by atoms with Crippen molar-refractivity contribution in [3.05, 3.63) is 23.3 Å². The largest absolute Gasteiger partial charge is 0.280 e. The van der Waals surface area contributed by atoms with Crippen LogP contribution in [0.1, 0.15) is 34.6 Å². The van der Waals surface area contributed by atoms with Crippen LogP contribution in [0.2, 0.25) is 0 Å². The Morgan fingerprint density at radius 2 is 1.81 bits per heavy atom. The van der Waals surface area contributed by atoms with Gasteiger partial charge in [0.1, 0.15) is 0 Å². The Balaban J connectivity index is 4.61. The molecule has 0 aromatic heterocycles. The van der Waals surface area contributed by atoms with Gasteiger partial charge in [0.2, 0.25) is 0 Å². The predicted octanol–water partition coefficient (Wildman–Crippen LogP) is 3.88. The topological polar surface area (TPSA) is 12.4 Å². The molecule has 0 N–H and O–H groups in total. The van der Waals surface area contributed by atoms with Crippen molar-refractivity contribution < 1.29 is 0 Å². The Hall–Kier alpha value is -1.29. The van der Waals surface area contributed by atoms with Gasteiger partial charge in [-0.25, -0.2) is 0 Å². The lowest BCUT2D eigenvalue weighted by molar-refractivity contribution is 0.618. The van der Waals surface area contributed by atoms with Crippen LogP contribution in [0.25, 0.3) is 0 Å². The molecule has 0 amide bonds. The lowest BCUT2D eigenvalue weighted by atomic mass is 9.88. The molecule has 0 heterocycles. The van der Waals surface area contributed by atoms with Gasteiger partial charge < -0.3 is 0 Å². The summed E-state index contributed by atoms with van der Waals surface area (Å²) >= 11 is 0. The van der Waals surface area contributed by atoms with Crippen molar-refractivity contribution in [1.82, 2.24) is 0 Å². The number of terminal acetylenes is 1. The minimum atomic E-state index is 0.596. The zero-order valence-electron chi connectivity index (χ0n) is 11.1. The van der Waals surface area contributed by atoms with Gasteiger partial charge in [0.15, 0.2) is 0 Å².